The fraction of sp³-hybridized carbons (Fsp3) is 0.484. The predicted molar refractivity (Wildman–Crippen MR) is 133 cm³/mol. The zero-order valence-electron chi connectivity index (χ0n) is 19.9. The van der Waals surface area contributed by atoms with Crippen molar-refractivity contribution in [3.63, 3.8) is 0 Å². The molecule has 0 amide bonds. The van der Waals surface area contributed by atoms with E-state index in [9.17, 15) is 8.78 Å². The minimum absolute atomic E-state index is 0.124. The number of halogens is 2. The summed E-state index contributed by atoms with van der Waals surface area (Å²) in [5.41, 5.74) is 2.57. The molecule has 0 aliphatic heterocycles. The maximum absolute atomic E-state index is 14.8. The minimum atomic E-state index is -0.537. The van der Waals surface area contributed by atoms with E-state index in [1.165, 1.54) is 57.1 Å². The van der Waals surface area contributed by atoms with E-state index in [4.69, 9.17) is 0 Å². The van der Waals surface area contributed by atoms with Crippen LogP contribution in [0, 0.1) is 48.2 Å². The Morgan fingerprint density at radius 1 is 0.848 bits per heavy atom. The predicted octanol–water partition coefficient (Wildman–Crippen LogP) is 8.72. The molecule has 0 atom stereocenters. The van der Waals surface area contributed by atoms with Gasteiger partial charge in [-0.1, -0.05) is 48.5 Å². The lowest BCUT2D eigenvalue weighted by atomic mass is 9.68. The third kappa shape index (κ3) is 6.14. The number of aryl methyl sites for hydroxylation is 1. The average molecular weight is 447 g/mol. The van der Waals surface area contributed by atoms with Crippen molar-refractivity contribution < 1.29 is 8.78 Å². The summed E-state index contributed by atoms with van der Waals surface area (Å²) < 4.78 is 29.6. The van der Waals surface area contributed by atoms with Gasteiger partial charge in [-0.2, -0.15) is 0 Å². The Labute approximate surface area is 198 Å². The van der Waals surface area contributed by atoms with Crippen LogP contribution in [0.25, 0.3) is 0 Å². The van der Waals surface area contributed by atoms with E-state index in [0.717, 1.165) is 53.7 Å². The van der Waals surface area contributed by atoms with E-state index in [2.05, 4.69) is 18.4 Å². The second-order valence-corrected chi connectivity index (χ2v) is 10.2. The van der Waals surface area contributed by atoms with Crippen molar-refractivity contribution in [1.82, 2.24) is 0 Å². The molecule has 2 saturated carbocycles. The summed E-state index contributed by atoms with van der Waals surface area (Å²) in [6, 6.07) is 10.7. The lowest BCUT2D eigenvalue weighted by Gasteiger charge is -2.38. The SMILES string of the molecule is C=CCCC1CCC(C2CCC(c3cc(F)c(C#Cc4ccc(C)cc4)c(F)c3)CC2)CC1. The number of hydrogen-bond acceptors (Lipinski definition) is 0. The van der Waals surface area contributed by atoms with Crippen molar-refractivity contribution in [3.05, 3.63) is 82.9 Å². The summed E-state index contributed by atoms with van der Waals surface area (Å²) >= 11 is 0. The van der Waals surface area contributed by atoms with Gasteiger partial charge >= 0.3 is 0 Å². The van der Waals surface area contributed by atoms with Crippen molar-refractivity contribution in [2.75, 3.05) is 0 Å². The van der Waals surface area contributed by atoms with Crippen molar-refractivity contribution in [1.29, 1.82) is 0 Å². The fourth-order valence-electron chi connectivity index (χ4n) is 5.95. The Morgan fingerprint density at radius 3 is 2.00 bits per heavy atom. The highest BCUT2D eigenvalue weighted by molar-refractivity contribution is 5.45. The molecule has 0 radical (unpaired) electrons. The molecule has 0 N–H and O–H groups in total. The summed E-state index contributed by atoms with van der Waals surface area (Å²) in [5.74, 6) is 7.30. The molecule has 0 spiro atoms. The molecule has 2 aromatic carbocycles. The minimum Gasteiger partial charge on any atom is -0.206 e. The first-order valence-electron chi connectivity index (χ1n) is 12.7. The van der Waals surface area contributed by atoms with Gasteiger partial charge in [-0.15, -0.1) is 6.58 Å². The molecule has 2 aliphatic carbocycles. The maximum Gasteiger partial charge on any atom is 0.142 e. The zero-order valence-corrected chi connectivity index (χ0v) is 19.9. The van der Waals surface area contributed by atoms with Crippen LogP contribution in [0.5, 0.6) is 0 Å². The number of hydrogen-bond donors (Lipinski definition) is 0. The van der Waals surface area contributed by atoms with Crippen LogP contribution >= 0.6 is 0 Å². The average Bonchev–Trinajstić information content (AvgIpc) is 2.84. The molecule has 0 heterocycles. The summed E-state index contributed by atoms with van der Waals surface area (Å²) in [4.78, 5) is 0. The number of allylic oxidation sites excluding steroid dienone is 1. The molecule has 2 aromatic rings. The third-order valence-corrected chi connectivity index (χ3v) is 8.03. The van der Waals surface area contributed by atoms with Crippen LogP contribution in [0.2, 0.25) is 0 Å². The standard InChI is InChI=1S/C31H36F2/c1-3-4-5-23-10-13-25(14-11-23)26-15-17-27(18-16-26)28-20-30(32)29(31(33)21-28)19-12-24-8-6-22(2)7-9-24/h3,6-9,20-21,23,25-27H,1,4-5,10-11,13-18H2,2H3. The van der Waals surface area contributed by atoms with Crippen LogP contribution in [0.15, 0.2) is 49.1 Å². The van der Waals surface area contributed by atoms with Gasteiger partial charge in [-0.25, -0.2) is 8.78 Å². The Bertz CT molecular complexity index is 968. The molecular formula is C31H36F2. The van der Waals surface area contributed by atoms with Gasteiger partial charge in [0.25, 0.3) is 0 Å². The maximum atomic E-state index is 14.8. The topological polar surface area (TPSA) is 0 Å². The van der Waals surface area contributed by atoms with E-state index in [1.54, 1.807) is 0 Å². The Balaban J connectivity index is 1.34. The van der Waals surface area contributed by atoms with Crippen molar-refractivity contribution in [3.8, 4) is 11.8 Å². The highest BCUT2D eigenvalue weighted by Gasteiger charge is 2.31. The monoisotopic (exact) mass is 446 g/mol. The molecule has 174 valence electrons. The number of benzene rings is 2. The van der Waals surface area contributed by atoms with Gasteiger partial charge in [0.1, 0.15) is 11.6 Å². The quantitative estimate of drug-likeness (QED) is 0.318. The summed E-state index contributed by atoms with van der Waals surface area (Å²) in [6.07, 6.45) is 14.4. The Morgan fingerprint density at radius 2 is 1.42 bits per heavy atom. The van der Waals surface area contributed by atoms with E-state index < -0.39 is 11.6 Å². The molecule has 2 aliphatic rings. The molecule has 0 bridgehead atoms. The van der Waals surface area contributed by atoms with Crippen LogP contribution < -0.4 is 0 Å². The second kappa shape index (κ2) is 11.1. The van der Waals surface area contributed by atoms with E-state index >= 15 is 0 Å². The van der Waals surface area contributed by atoms with Crippen LogP contribution in [0.1, 0.15) is 92.4 Å². The van der Waals surface area contributed by atoms with E-state index in [0.29, 0.717) is 0 Å². The van der Waals surface area contributed by atoms with Gasteiger partial charge in [0.2, 0.25) is 0 Å². The first kappa shape index (κ1) is 23.7. The molecule has 2 heteroatoms. The second-order valence-electron chi connectivity index (χ2n) is 10.2. The van der Waals surface area contributed by atoms with Crippen molar-refractivity contribution in [2.24, 2.45) is 17.8 Å². The first-order chi connectivity index (χ1) is 16.0. The van der Waals surface area contributed by atoms with Crippen LogP contribution in [0.4, 0.5) is 8.78 Å². The van der Waals surface area contributed by atoms with Gasteiger partial charge in [0, 0.05) is 5.56 Å². The lowest BCUT2D eigenvalue weighted by Crippen LogP contribution is -2.25. The summed E-state index contributed by atoms with van der Waals surface area (Å²) in [6.45, 7) is 5.85. The van der Waals surface area contributed by atoms with Crippen LogP contribution in [0.3, 0.4) is 0 Å². The van der Waals surface area contributed by atoms with Gasteiger partial charge in [0.05, 0.1) is 5.56 Å². The number of rotatable bonds is 5. The molecule has 33 heavy (non-hydrogen) atoms. The zero-order chi connectivity index (χ0) is 23.2. The molecule has 0 unspecified atom stereocenters. The van der Waals surface area contributed by atoms with E-state index in [1.807, 2.05) is 37.3 Å². The highest BCUT2D eigenvalue weighted by Crippen LogP contribution is 2.44. The Kier molecular flexibility index (Phi) is 8.02. The Hall–Kier alpha value is -2.40. The van der Waals surface area contributed by atoms with Crippen molar-refractivity contribution >= 4 is 0 Å². The highest BCUT2D eigenvalue weighted by atomic mass is 19.1. The molecule has 4 rings (SSSR count). The van der Waals surface area contributed by atoms with Gasteiger partial charge < -0.3 is 0 Å². The van der Waals surface area contributed by atoms with Gasteiger partial charge in [0.15, 0.2) is 0 Å². The summed E-state index contributed by atoms with van der Waals surface area (Å²) in [7, 11) is 0. The van der Waals surface area contributed by atoms with E-state index in [-0.39, 0.29) is 11.5 Å². The normalized spacial score (nSPS) is 25.2. The van der Waals surface area contributed by atoms with Gasteiger partial charge in [-0.05, 0) is 112 Å². The van der Waals surface area contributed by atoms with Gasteiger partial charge in [-0.3, -0.25) is 0 Å². The molecule has 0 saturated heterocycles. The molecule has 0 aromatic heterocycles. The lowest BCUT2D eigenvalue weighted by molar-refractivity contribution is 0.157. The third-order valence-electron chi connectivity index (χ3n) is 8.03. The largest absolute Gasteiger partial charge is 0.206 e. The van der Waals surface area contributed by atoms with Crippen LogP contribution in [-0.2, 0) is 0 Å². The smallest absolute Gasteiger partial charge is 0.142 e. The first-order valence-corrected chi connectivity index (χ1v) is 12.7. The van der Waals surface area contributed by atoms with Crippen molar-refractivity contribution in [2.45, 2.75) is 77.0 Å². The fourth-order valence-corrected chi connectivity index (χ4v) is 5.95. The molecular weight excluding hydrogens is 410 g/mol. The molecule has 0 nitrogen and oxygen atoms in total. The summed E-state index contributed by atoms with van der Waals surface area (Å²) in [5, 5.41) is 0. The molecule has 2 fully saturated rings. The van der Waals surface area contributed by atoms with Crippen LogP contribution in [-0.4, -0.2) is 0 Å².